The van der Waals surface area contributed by atoms with Crippen LogP contribution in [0.15, 0.2) is 42.5 Å². The number of hydrogen-bond acceptors (Lipinski definition) is 6. The van der Waals surface area contributed by atoms with Crippen molar-refractivity contribution in [3.8, 4) is 5.75 Å². The Bertz CT molecular complexity index is 1510. The second kappa shape index (κ2) is 11.5. The summed E-state index contributed by atoms with van der Waals surface area (Å²) in [4.78, 5) is 15.5. The number of rotatable bonds is 1. The summed E-state index contributed by atoms with van der Waals surface area (Å²) >= 11 is 6.35. The Balaban J connectivity index is 1.45. The van der Waals surface area contributed by atoms with E-state index in [0.717, 1.165) is 32.1 Å². The Morgan fingerprint density at radius 2 is 2.05 bits per heavy atom. The summed E-state index contributed by atoms with van der Waals surface area (Å²) in [6, 6.07) is 8.64. The number of allylic oxidation sites excluding steroid dienone is 1. The Morgan fingerprint density at radius 3 is 2.81 bits per heavy atom. The van der Waals surface area contributed by atoms with Crippen molar-refractivity contribution in [2.45, 2.75) is 75.1 Å². The highest BCUT2D eigenvalue weighted by atomic mass is 35.5. The van der Waals surface area contributed by atoms with Crippen molar-refractivity contribution >= 4 is 33.2 Å². The zero-order chi connectivity index (χ0) is 29.6. The fourth-order valence-electron chi connectivity index (χ4n) is 7.37. The lowest BCUT2D eigenvalue weighted by Gasteiger charge is -2.45. The number of halogens is 2. The largest absolute Gasteiger partial charge is 0.490 e. The molecule has 2 heterocycles. The molecule has 1 fully saturated rings. The molecule has 0 radical (unpaired) electrons. The summed E-state index contributed by atoms with van der Waals surface area (Å²) in [6.45, 7) is 3.25. The molecule has 1 amide bonds. The highest BCUT2D eigenvalue weighted by Gasteiger charge is 2.44. The van der Waals surface area contributed by atoms with E-state index in [1.54, 1.807) is 13.0 Å². The molecule has 2 aromatic carbocycles. The maximum Gasteiger partial charge on any atom is 0.267 e. The number of hydrogen-bond donors (Lipinski definition) is 2. The number of ether oxygens (including phenoxy) is 1. The van der Waals surface area contributed by atoms with Crippen LogP contribution in [-0.2, 0) is 21.9 Å². The molecule has 4 aliphatic rings. The smallest absolute Gasteiger partial charge is 0.267 e. The van der Waals surface area contributed by atoms with Gasteiger partial charge in [-0.1, -0.05) is 36.7 Å². The van der Waals surface area contributed by atoms with Crippen LogP contribution in [0.5, 0.6) is 5.75 Å². The van der Waals surface area contributed by atoms with Gasteiger partial charge < -0.3 is 14.7 Å². The first-order valence-corrected chi connectivity index (χ1v) is 16.9. The van der Waals surface area contributed by atoms with Crippen molar-refractivity contribution in [1.29, 1.82) is 0 Å². The fourth-order valence-corrected chi connectivity index (χ4v) is 8.98. The molecule has 2 bridgehead atoms. The van der Waals surface area contributed by atoms with E-state index in [2.05, 4.69) is 15.7 Å². The maximum atomic E-state index is 15.5. The van der Waals surface area contributed by atoms with Crippen LogP contribution in [0.3, 0.4) is 0 Å². The number of nitrogens with one attached hydrogen (secondary N) is 1. The molecule has 226 valence electrons. The van der Waals surface area contributed by atoms with Crippen molar-refractivity contribution in [3.05, 3.63) is 70.0 Å². The van der Waals surface area contributed by atoms with Crippen LogP contribution in [-0.4, -0.2) is 50.5 Å². The molecule has 0 aromatic heterocycles. The van der Waals surface area contributed by atoms with Crippen molar-refractivity contribution in [2.24, 2.45) is 11.8 Å². The van der Waals surface area contributed by atoms with Gasteiger partial charge in [0.15, 0.2) is 0 Å². The number of sulfonamides is 1. The Morgan fingerprint density at radius 1 is 1.21 bits per heavy atom. The Hall–Kier alpha value is -2.62. The quantitative estimate of drug-likeness (QED) is 0.409. The zero-order valence-electron chi connectivity index (χ0n) is 23.8. The van der Waals surface area contributed by atoms with Gasteiger partial charge in [0.1, 0.15) is 11.6 Å². The van der Waals surface area contributed by atoms with Crippen LogP contribution < -0.4 is 14.4 Å². The molecule has 6 rings (SSSR count). The molecule has 2 aromatic rings. The average molecular weight is 617 g/mol. The minimum Gasteiger partial charge on any atom is -0.490 e. The van der Waals surface area contributed by atoms with Crippen LogP contribution in [0, 0.1) is 17.7 Å². The van der Waals surface area contributed by atoms with E-state index in [1.807, 2.05) is 18.2 Å². The Labute approximate surface area is 252 Å². The molecule has 0 saturated heterocycles. The summed E-state index contributed by atoms with van der Waals surface area (Å²) in [7, 11) is -4.06. The van der Waals surface area contributed by atoms with Gasteiger partial charge in [0.2, 0.25) is 10.0 Å². The van der Waals surface area contributed by atoms with Gasteiger partial charge in [-0.2, -0.15) is 0 Å². The molecule has 2 N–H and O–H groups in total. The number of nitrogens with zero attached hydrogens (tertiary/aromatic N) is 1. The molecule has 2 aliphatic heterocycles. The molecule has 5 atom stereocenters. The van der Waals surface area contributed by atoms with Crippen molar-refractivity contribution in [1.82, 2.24) is 4.72 Å². The molecule has 2 aliphatic carbocycles. The van der Waals surface area contributed by atoms with Gasteiger partial charge in [-0.05, 0) is 92.5 Å². The first-order chi connectivity index (χ1) is 20.1. The number of carbonyl (C=O) groups excluding carboxylic acids is 1. The molecule has 1 spiro atoms. The molecular weight excluding hydrogens is 579 g/mol. The van der Waals surface area contributed by atoms with Gasteiger partial charge in [0.25, 0.3) is 5.91 Å². The van der Waals surface area contributed by atoms with Crippen molar-refractivity contribution < 1.29 is 27.4 Å². The first-order valence-electron chi connectivity index (χ1n) is 15.0. The lowest BCUT2D eigenvalue weighted by atomic mass is 9.68. The second-order valence-corrected chi connectivity index (χ2v) is 14.8. The maximum absolute atomic E-state index is 15.5. The van der Waals surface area contributed by atoms with E-state index in [0.29, 0.717) is 55.4 Å². The van der Waals surface area contributed by atoms with Crippen molar-refractivity contribution in [3.63, 3.8) is 0 Å². The number of fused-ring (bicyclic) bond motifs is 4. The number of aryl methyl sites for hydroxylation is 1. The molecule has 1 saturated carbocycles. The monoisotopic (exact) mass is 616 g/mol. The lowest BCUT2D eigenvalue weighted by molar-refractivity contribution is 0.0456. The minimum atomic E-state index is -4.06. The Kier molecular flexibility index (Phi) is 8.04. The number of amides is 1. The normalized spacial score (nSPS) is 31.5. The van der Waals surface area contributed by atoms with Crippen LogP contribution in [0.25, 0.3) is 0 Å². The molecule has 7 nitrogen and oxygen atoms in total. The SMILES string of the molecule is CC[C@@H]1CC/C=C/[C@H](O)[C@@H]2CC[C@H]2CN2C[C@@]3(CCCc4cc(Cl)ccc43)COc3cc(F)c(cc32)C(=O)NS1(=O)=O. The second-order valence-electron chi connectivity index (χ2n) is 12.4. The summed E-state index contributed by atoms with van der Waals surface area (Å²) in [5.74, 6) is -1.23. The van der Waals surface area contributed by atoms with Gasteiger partial charge in [-0.15, -0.1) is 0 Å². The predicted octanol–water partition coefficient (Wildman–Crippen LogP) is 5.53. The van der Waals surface area contributed by atoms with E-state index >= 15 is 4.39 Å². The third kappa shape index (κ3) is 5.44. The van der Waals surface area contributed by atoms with Crippen LogP contribution in [0.1, 0.15) is 73.4 Å². The third-order valence-corrected chi connectivity index (χ3v) is 12.0. The minimum absolute atomic E-state index is 0.0594. The topological polar surface area (TPSA) is 95.9 Å². The van der Waals surface area contributed by atoms with E-state index < -0.39 is 33.1 Å². The number of anilines is 1. The number of benzene rings is 2. The third-order valence-electron chi connectivity index (χ3n) is 9.86. The highest BCUT2D eigenvalue weighted by molar-refractivity contribution is 7.90. The first kappa shape index (κ1) is 29.5. The summed E-state index contributed by atoms with van der Waals surface area (Å²) < 4.78 is 50.3. The highest BCUT2D eigenvalue weighted by Crippen LogP contribution is 2.47. The number of aliphatic hydroxyl groups is 1. The van der Waals surface area contributed by atoms with Crippen LogP contribution in [0.2, 0.25) is 5.02 Å². The standard InChI is InChI=1S/C32H38ClFN2O5S/c1-2-23-7-3-4-8-29(37)24-11-9-21(24)17-36-18-32(13-5-6-20-14-22(33)10-12-26(20)32)19-41-30-16-27(34)25(15-28(30)36)31(38)35-42(23,39)40/h4,8,10,12,14-16,21,23-24,29,37H,2-3,5-7,9,11,13,17-19H2,1H3,(H,35,38)/b8-4+/t21-,23+,24+,29-,32-/m0/s1. The fraction of sp³-hybridized carbons (Fsp3) is 0.531. The lowest BCUT2D eigenvalue weighted by Crippen LogP contribution is -2.49. The van der Waals surface area contributed by atoms with E-state index in [9.17, 15) is 18.3 Å². The van der Waals surface area contributed by atoms with Crippen molar-refractivity contribution in [2.75, 3.05) is 24.6 Å². The summed E-state index contributed by atoms with van der Waals surface area (Å²) in [6.07, 6.45) is 8.62. The van der Waals surface area contributed by atoms with Crippen LogP contribution >= 0.6 is 11.6 Å². The van der Waals surface area contributed by atoms with E-state index in [-0.39, 0.29) is 22.8 Å². The van der Waals surface area contributed by atoms with Gasteiger partial charge >= 0.3 is 0 Å². The average Bonchev–Trinajstić information content (AvgIpc) is 3.06. The number of carbonyl (C=O) groups is 1. The summed E-state index contributed by atoms with van der Waals surface area (Å²) in [5, 5.41) is 10.9. The van der Waals surface area contributed by atoms with Crippen LogP contribution in [0.4, 0.5) is 10.1 Å². The molecule has 0 unspecified atom stereocenters. The zero-order valence-corrected chi connectivity index (χ0v) is 25.4. The number of aliphatic hydroxyl groups excluding tert-OH is 1. The van der Waals surface area contributed by atoms with Gasteiger partial charge in [0, 0.05) is 29.6 Å². The summed E-state index contributed by atoms with van der Waals surface area (Å²) in [5.41, 5.74) is 2.20. The molecule has 42 heavy (non-hydrogen) atoms. The van der Waals surface area contributed by atoms with Gasteiger partial charge in [0.05, 0.1) is 29.2 Å². The molecule has 10 heteroatoms. The molecular formula is C32H38ClFN2O5S. The van der Waals surface area contributed by atoms with E-state index in [4.69, 9.17) is 16.3 Å². The predicted molar refractivity (Wildman–Crippen MR) is 161 cm³/mol. The van der Waals surface area contributed by atoms with Gasteiger partial charge in [-0.3, -0.25) is 4.79 Å². The van der Waals surface area contributed by atoms with E-state index in [1.165, 1.54) is 23.3 Å². The van der Waals surface area contributed by atoms with Gasteiger partial charge in [-0.25, -0.2) is 17.5 Å².